The SMILES string of the molecule is O=C1CCCN1CCCNC(=S)Nc1ccc(S(=O)(=O)N2CCOCC2)cc1. The number of nitrogens with one attached hydrogen (secondary N) is 2. The first-order valence-electron chi connectivity index (χ1n) is 9.47. The van der Waals surface area contributed by atoms with Crippen LogP contribution in [0.15, 0.2) is 29.2 Å². The number of ether oxygens (including phenoxy) is 1. The monoisotopic (exact) mass is 426 g/mol. The Morgan fingerprint density at radius 3 is 2.50 bits per heavy atom. The molecule has 0 aliphatic carbocycles. The zero-order valence-electron chi connectivity index (χ0n) is 15.7. The molecule has 2 aliphatic heterocycles. The second-order valence-corrected chi connectivity index (χ2v) is 9.11. The molecule has 1 aromatic rings. The average molecular weight is 427 g/mol. The van der Waals surface area contributed by atoms with E-state index in [0.29, 0.717) is 50.1 Å². The van der Waals surface area contributed by atoms with E-state index >= 15 is 0 Å². The molecule has 1 amide bonds. The summed E-state index contributed by atoms with van der Waals surface area (Å²) in [6.45, 7) is 3.84. The Kier molecular flexibility index (Phi) is 7.22. The van der Waals surface area contributed by atoms with E-state index in [1.165, 1.54) is 4.31 Å². The normalized spacial score (nSPS) is 18.3. The third-order valence-electron chi connectivity index (χ3n) is 4.78. The minimum absolute atomic E-state index is 0.229. The molecule has 8 nitrogen and oxygen atoms in total. The molecule has 0 radical (unpaired) electrons. The number of hydrogen-bond acceptors (Lipinski definition) is 5. The van der Waals surface area contributed by atoms with Crippen LogP contribution in [0.1, 0.15) is 19.3 Å². The van der Waals surface area contributed by atoms with Crippen molar-refractivity contribution in [3.8, 4) is 0 Å². The van der Waals surface area contributed by atoms with Gasteiger partial charge in [0, 0.05) is 44.8 Å². The molecule has 2 saturated heterocycles. The Bertz CT molecular complexity index is 792. The molecule has 0 spiro atoms. The first kappa shape index (κ1) is 21.0. The molecular weight excluding hydrogens is 400 g/mol. The van der Waals surface area contributed by atoms with E-state index in [1.807, 2.05) is 4.90 Å². The van der Waals surface area contributed by atoms with Gasteiger partial charge in [0.25, 0.3) is 0 Å². The Hall–Kier alpha value is -1.75. The Morgan fingerprint density at radius 1 is 1.14 bits per heavy atom. The molecule has 28 heavy (non-hydrogen) atoms. The van der Waals surface area contributed by atoms with Gasteiger partial charge in [-0.05, 0) is 49.3 Å². The van der Waals surface area contributed by atoms with Crippen molar-refractivity contribution >= 4 is 38.9 Å². The second kappa shape index (κ2) is 9.64. The zero-order valence-corrected chi connectivity index (χ0v) is 17.4. The highest BCUT2D eigenvalue weighted by Gasteiger charge is 2.26. The van der Waals surface area contributed by atoms with Gasteiger partial charge >= 0.3 is 0 Å². The van der Waals surface area contributed by atoms with E-state index in [9.17, 15) is 13.2 Å². The zero-order chi connectivity index (χ0) is 20.0. The van der Waals surface area contributed by atoms with Crippen LogP contribution in [0.25, 0.3) is 0 Å². The van der Waals surface area contributed by atoms with Crippen molar-refractivity contribution in [3.63, 3.8) is 0 Å². The molecule has 0 aromatic heterocycles. The summed E-state index contributed by atoms with van der Waals surface area (Å²) < 4.78 is 31.9. The standard InChI is InChI=1S/C18H26N4O4S2/c23-17-3-1-9-21(17)10-2-8-19-18(27)20-15-4-6-16(7-5-15)28(24,25)22-11-13-26-14-12-22/h4-7H,1-3,8-14H2,(H2,19,20,27). The number of benzene rings is 1. The second-order valence-electron chi connectivity index (χ2n) is 6.76. The van der Waals surface area contributed by atoms with Crippen LogP contribution >= 0.6 is 12.2 Å². The first-order valence-corrected chi connectivity index (χ1v) is 11.3. The smallest absolute Gasteiger partial charge is 0.243 e. The summed E-state index contributed by atoms with van der Waals surface area (Å²) in [7, 11) is -3.49. The summed E-state index contributed by atoms with van der Waals surface area (Å²) in [4.78, 5) is 13.7. The highest BCUT2D eigenvalue weighted by molar-refractivity contribution is 7.89. The molecule has 0 unspecified atom stereocenters. The lowest BCUT2D eigenvalue weighted by molar-refractivity contribution is -0.127. The predicted octanol–water partition coefficient (Wildman–Crippen LogP) is 1.01. The van der Waals surface area contributed by atoms with Gasteiger partial charge in [-0.25, -0.2) is 8.42 Å². The number of amides is 1. The summed E-state index contributed by atoms with van der Waals surface area (Å²) in [6.07, 6.45) is 2.43. The lowest BCUT2D eigenvalue weighted by Crippen LogP contribution is -2.40. The fourth-order valence-electron chi connectivity index (χ4n) is 3.23. The van der Waals surface area contributed by atoms with Crippen LogP contribution in [0, 0.1) is 0 Å². The fourth-order valence-corrected chi connectivity index (χ4v) is 4.86. The number of morpholine rings is 1. The number of sulfonamides is 1. The van der Waals surface area contributed by atoms with E-state index < -0.39 is 10.0 Å². The van der Waals surface area contributed by atoms with E-state index in [-0.39, 0.29) is 10.8 Å². The topological polar surface area (TPSA) is 91.0 Å². The molecule has 10 heteroatoms. The van der Waals surface area contributed by atoms with Gasteiger partial charge in [-0.3, -0.25) is 4.79 Å². The lowest BCUT2D eigenvalue weighted by Gasteiger charge is -2.26. The van der Waals surface area contributed by atoms with E-state index in [2.05, 4.69) is 10.6 Å². The van der Waals surface area contributed by atoms with Crippen molar-refractivity contribution in [3.05, 3.63) is 24.3 Å². The predicted molar refractivity (Wildman–Crippen MR) is 111 cm³/mol. The summed E-state index contributed by atoms with van der Waals surface area (Å²) in [5, 5.41) is 6.63. The summed E-state index contributed by atoms with van der Waals surface area (Å²) >= 11 is 5.27. The van der Waals surface area contributed by atoms with Crippen LogP contribution in [-0.4, -0.2) is 74.6 Å². The summed E-state index contributed by atoms with van der Waals surface area (Å²) in [6, 6.07) is 6.55. The number of thiocarbonyl (C=S) groups is 1. The number of carbonyl (C=O) groups excluding carboxylic acids is 1. The van der Waals surface area contributed by atoms with Gasteiger partial charge in [-0.15, -0.1) is 0 Å². The van der Waals surface area contributed by atoms with Crippen molar-refractivity contribution < 1.29 is 17.9 Å². The van der Waals surface area contributed by atoms with Crippen LogP contribution in [0.2, 0.25) is 0 Å². The molecular formula is C18H26N4O4S2. The molecule has 0 atom stereocenters. The van der Waals surface area contributed by atoms with Crippen molar-refractivity contribution in [2.75, 3.05) is 51.3 Å². The third-order valence-corrected chi connectivity index (χ3v) is 6.94. The van der Waals surface area contributed by atoms with Gasteiger partial charge in [0.1, 0.15) is 0 Å². The third kappa shape index (κ3) is 5.40. The van der Waals surface area contributed by atoms with Crippen LogP contribution in [0.5, 0.6) is 0 Å². The molecule has 3 rings (SSSR count). The Morgan fingerprint density at radius 2 is 1.86 bits per heavy atom. The highest BCUT2D eigenvalue weighted by Crippen LogP contribution is 2.19. The van der Waals surface area contributed by atoms with Crippen LogP contribution in [0.4, 0.5) is 5.69 Å². The molecule has 154 valence electrons. The minimum atomic E-state index is -3.49. The van der Waals surface area contributed by atoms with Crippen molar-refractivity contribution in [2.45, 2.75) is 24.2 Å². The number of anilines is 1. The van der Waals surface area contributed by atoms with Crippen molar-refractivity contribution in [1.29, 1.82) is 0 Å². The molecule has 0 bridgehead atoms. The maximum atomic E-state index is 12.6. The number of carbonyl (C=O) groups is 1. The first-order chi connectivity index (χ1) is 13.5. The van der Waals surface area contributed by atoms with Crippen molar-refractivity contribution in [1.82, 2.24) is 14.5 Å². The van der Waals surface area contributed by atoms with Crippen molar-refractivity contribution in [2.24, 2.45) is 0 Å². The van der Waals surface area contributed by atoms with Gasteiger partial charge in [0.05, 0.1) is 18.1 Å². The van der Waals surface area contributed by atoms with Gasteiger partial charge in [-0.2, -0.15) is 4.31 Å². The summed E-state index contributed by atoms with van der Waals surface area (Å²) in [5.41, 5.74) is 0.716. The van der Waals surface area contributed by atoms with E-state index in [4.69, 9.17) is 17.0 Å². The molecule has 2 heterocycles. The maximum Gasteiger partial charge on any atom is 0.243 e. The highest BCUT2D eigenvalue weighted by atomic mass is 32.2. The van der Waals surface area contributed by atoms with Gasteiger partial charge in [0.15, 0.2) is 5.11 Å². The molecule has 2 fully saturated rings. The number of hydrogen-bond donors (Lipinski definition) is 2. The largest absolute Gasteiger partial charge is 0.379 e. The van der Waals surface area contributed by atoms with Crippen LogP contribution < -0.4 is 10.6 Å². The Labute approximate surface area is 171 Å². The number of nitrogens with zero attached hydrogens (tertiary/aromatic N) is 2. The minimum Gasteiger partial charge on any atom is -0.379 e. The number of likely N-dealkylation sites (tertiary alicyclic amines) is 1. The van der Waals surface area contributed by atoms with E-state index in [0.717, 1.165) is 25.9 Å². The maximum absolute atomic E-state index is 12.6. The summed E-state index contributed by atoms with van der Waals surface area (Å²) in [5.74, 6) is 0.229. The van der Waals surface area contributed by atoms with E-state index in [1.54, 1.807) is 24.3 Å². The van der Waals surface area contributed by atoms with Gasteiger partial charge < -0.3 is 20.3 Å². The number of rotatable bonds is 7. The molecule has 2 aliphatic rings. The lowest BCUT2D eigenvalue weighted by atomic mass is 10.3. The average Bonchev–Trinajstić information content (AvgIpc) is 3.11. The van der Waals surface area contributed by atoms with Gasteiger partial charge in [0.2, 0.25) is 15.9 Å². The molecule has 0 saturated carbocycles. The Balaban J connectivity index is 1.44. The molecule has 1 aromatic carbocycles. The van der Waals surface area contributed by atoms with Crippen LogP contribution in [-0.2, 0) is 19.6 Å². The van der Waals surface area contributed by atoms with Gasteiger partial charge in [-0.1, -0.05) is 0 Å². The molecule has 2 N–H and O–H groups in total. The quantitative estimate of drug-likeness (QED) is 0.497. The fraction of sp³-hybridized carbons (Fsp3) is 0.556. The van der Waals surface area contributed by atoms with Crippen LogP contribution in [0.3, 0.4) is 0 Å².